The summed E-state index contributed by atoms with van der Waals surface area (Å²) < 4.78 is 41.9. The molecule has 2 bridgehead atoms. The highest BCUT2D eigenvalue weighted by molar-refractivity contribution is 6.39. The minimum atomic E-state index is -2.49. The minimum Gasteiger partial charge on any atom is -0.460 e. The van der Waals surface area contributed by atoms with Crippen LogP contribution in [-0.4, -0.2) is 146 Å². The first-order valence-corrected chi connectivity index (χ1v) is 26.2. The molecule has 16 heteroatoms. The van der Waals surface area contributed by atoms with E-state index >= 15 is 0 Å². The summed E-state index contributed by atoms with van der Waals surface area (Å²) in [4.78, 5) is 72.4. The van der Waals surface area contributed by atoms with Crippen molar-refractivity contribution in [1.29, 1.82) is 0 Å². The van der Waals surface area contributed by atoms with E-state index in [1.165, 1.54) is 19.1 Å². The molecule has 3 saturated heterocycles. The van der Waals surface area contributed by atoms with Gasteiger partial charge in [-0.3, -0.25) is 24.5 Å². The molecule has 16 nitrogen and oxygen atoms in total. The summed E-state index contributed by atoms with van der Waals surface area (Å²) in [6.07, 6.45) is 11.2. The molecule has 4 fully saturated rings. The van der Waals surface area contributed by atoms with Crippen LogP contribution in [0, 0.1) is 41.4 Å². The zero-order valence-corrected chi connectivity index (χ0v) is 44.3. The number of hydrogen-bond donors (Lipinski definition) is 3. The van der Waals surface area contributed by atoms with Crippen molar-refractivity contribution >= 4 is 29.2 Å². The van der Waals surface area contributed by atoms with Gasteiger partial charge >= 0.3 is 5.97 Å². The molecule has 0 aromatic heterocycles. The molecule has 1 aliphatic carbocycles. The van der Waals surface area contributed by atoms with Gasteiger partial charge in [0.15, 0.2) is 5.78 Å². The molecular weight excluding hydrogens is 913 g/mol. The number of hydrogen-bond acceptors (Lipinski definition) is 15. The molecule has 400 valence electrons. The molecule has 0 aromatic carbocycles. The van der Waals surface area contributed by atoms with Gasteiger partial charge in [0.25, 0.3) is 11.7 Å². The summed E-state index contributed by atoms with van der Waals surface area (Å²) in [6, 6.07) is -1.15. The van der Waals surface area contributed by atoms with Crippen LogP contribution in [-0.2, 0) is 57.1 Å². The second-order valence-corrected chi connectivity index (χ2v) is 21.4. The van der Waals surface area contributed by atoms with Gasteiger partial charge in [0.1, 0.15) is 42.6 Å². The van der Waals surface area contributed by atoms with Crippen molar-refractivity contribution in [3.05, 3.63) is 47.6 Å². The van der Waals surface area contributed by atoms with Crippen LogP contribution in [0.2, 0.25) is 0 Å². The van der Waals surface area contributed by atoms with Gasteiger partial charge < -0.3 is 48.3 Å². The van der Waals surface area contributed by atoms with Gasteiger partial charge in [-0.15, -0.1) is 0 Å². The van der Waals surface area contributed by atoms with Crippen molar-refractivity contribution in [3.8, 4) is 0 Å². The first-order chi connectivity index (χ1) is 33.7. The molecule has 4 aliphatic heterocycles. The number of methoxy groups -OCH3 is 3. The third-order valence-electron chi connectivity index (χ3n) is 15.7. The smallest absolute Gasteiger partial charge is 0.329 e. The number of nitrogens with zero attached hydrogens (tertiary/aromatic N) is 1. The molecule has 5 aliphatic rings. The van der Waals surface area contributed by atoms with Crippen molar-refractivity contribution in [2.75, 3.05) is 41.1 Å². The SMILES string of the molecule is COC1CC(C[C@H](C)[C@@H]2CC(=O)[C@H](C)/C=C(\C)C(O)[C@@H](OC)C(=O)[C@H](C)C[C@H](C)/C=C/C=C/C=C(\C)[C@@H](OC)N[C@@H]3CC[C@@H](C)[C@@](O)(O3)C(=O)C(=O)N3CCCC[C@H]3C(=O)O2)CCC1OC1COCC1C. The number of fused-ring (bicyclic) bond motifs is 3. The maximum Gasteiger partial charge on any atom is 0.329 e. The fourth-order valence-electron chi connectivity index (χ4n) is 11.0. The van der Waals surface area contributed by atoms with Crippen LogP contribution in [0.25, 0.3) is 0 Å². The van der Waals surface area contributed by atoms with Crippen LogP contribution < -0.4 is 5.32 Å². The number of cyclic esters (lactones) is 1. The Bertz CT molecular complexity index is 1930. The van der Waals surface area contributed by atoms with E-state index in [0.29, 0.717) is 63.7 Å². The fourth-order valence-corrected chi connectivity index (χ4v) is 11.0. The molecule has 5 rings (SSSR count). The minimum absolute atomic E-state index is 0.00308. The molecule has 3 N–H and O–H groups in total. The Kier molecular flexibility index (Phi) is 22.4. The number of nitrogens with one attached hydrogen (secondary N) is 1. The molecule has 1 amide bonds. The Morgan fingerprint density at radius 1 is 0.845 bits per heavy atom. The molecule has 4 heterocycles. The van der Waals surface area contributed by atoms with Gasteiger partial charge in [0.05, 0.1) is 31.5 Å². The van der Waals surface area contributed by atoms with Crippen LogP contribution in [0.3, 0.4) is 0 Å². The van der Waals surface area contributed by atoms with E-state index in [2.05, 4.69) is 12.2 Å². The Morgan fingerprint density at radius 3 is 2.27 bits per heavy atom. The third kappa shape index (κ3) is 15.3. The highest BCUT2D eigenvalue weighted by Gasteiger charge is 2.53. The topological polar surface area (TPSA) is 206 Å². The molecule has 17 atom stereocenters. The van der Waals surface area contributed by atoms with Crippen molar-refractivity contribution in [1.82, 2.24) is 10.2 Å². The molecule has 71 heavy (non-hydrogen) atoms. The lowest BCUT2D eigenvalue weighted by Crippen LogP contribution is -2.62. The monoisotopic (exact) mass is 999 g/mol. The standard InChI is InChI=1S/C55H86N2O14/c1-32-17-13-12-14-18-33(2)52(67-11)56-47-23-20-39(8)55(64,71-47)51(61)53(62)57-24-16-15-19-41(57)54(63)70-44(29-42(58)34(3)26-37(6)49(60)50(66-10)48(59)36(5)25-32)35(4)27-40-21-22-43(45(28-40)65-9)69-46-31-68-30-38(46)7/h12-14,17-18,26,32,34-36,38-41,43-47,49-50,52,56,60,64H,15-16,19-25,27-31H2,1-11H3/b14-12+,17-13+,33-18+,37-26+/t32-,34-,35+,36-,38?,39-,40?,41+,43?,44+,45?,46?,47+,49?,50+,52-,55-/m1/s1. The normalized spacial score (nSPS) is 41.2. The van der Waals surface area contributed by atoms with Crippen molar-refractivity contribution in [2.24, 2.45) is 41.4 Å². The average molecular weight is 999 g/mol. The number of piperidine rings is 1. The lowest BCUT2D eigenvalue weighted by atomic mass is 9.78. The highest BCUT2D eigenvalue weighted by Crippen LogP contribution is 2.38. The molecule has 0 aromatic rings. The summed E-state index contributed by atoms with van der Waals surface area (Å²) >= 11 is 0. The highest BCUT2D eigenvalue weighted by atomic mass is 16.6. The van der Waals surface area contributed by atoms with E-state index < -0.39 is 78.0 Å². The number of aliphatic hydroxyl groups excluding tert-OH is 1. The fraction of sp³-hybridized carbons (Fsp3) is 0.764. The predicted octanol–water partition coefficient (Wildman–Crippen LogP) is 6.35. The van der Waals surface area contributed by atoms with E-state index in [4.69, 9.17) is 33.2 Å². The van der Waals surface area contributed by atoms with Crippen molar-refractivity contribution in [2.45, 2.75) is 187 Å². The van der Waals surface area contributed by atoms with Gasteiger partial charge in [0.2, 0.25) is 5.79 Å². The van der Waals surface area contributed by atoms with Gasteiger partial charge in [-0.2, -0.15) is 0 Å². The Morgan fingerprint density at radius 2 is 1.59 bits per heavy atom. The Labute approximate surface area is 422 Å². The predicted molar refractivity (Wildman–Crippen MR) is 266 cm³/mol. The maximum atomic E-state index is 14.5. The first-order valence-electron chi connectivity index (χ1n) is 26.2. The number of Topliss-reactive ketones (excluding diaryl/α,β-unsaturated/α-hetero) is 3. The van der Waals surface area contributed by atoms with Gasteiger partial charge in [-0.25, -0.2) is 4.79 Å². The number of ether oxygens (including phenoxy) is 7. The second kappa shape index (κ2) is 27.2. The summed E-state index contributed by atoms with van der Waals surface area (Å²) in [5.41, 5.74) is 1.17. The molecule has 6 unspecified atom stereocenters. The number of esters is 1. The molecule has 0 radical (unpaired) electrons. The van der Waals surface area contributed by atoms with Crippen LogP contribution >= 0.6 is 0 Å². The molecular formula is C55H86N2O14. The number of allylic oxidation sites excluding steroid dienone is 6. The number of ketones is 3. The van der Waals surface area contributed by atoms with Crippen LogP contribution in [0.5, 0.6) is 0 Å². The number of carbonyl (C=O) groups excluding carboxylic acids is 5. The Balaban J connectivity index is 1.45. The first kappa shape index (κ1) is 58.4. The molecule has 1 saturated carbocycles. The zero-order chi connectivity index (χ0) is 52.2. The van der Waals surface area contributed by atoms with Crippen LogP contribution in [0.4, 0.5) is 0 Å². The van der Waals surface area contributed by atoms with Gasteiger partial charge in [0, 0.05) is 58.0 Å². The lowest BCUT2D eigenvalue weighted by molar-refractivity contribution is -0.271. The Hall–Kier alpha value is -3.45. The van der Waals surface area contributed by atoms with E-state index in [1.54, 1.807) is 34.0 Å². The van der Waals surface area contributed by atoms with Crippen molar-refractivity contribution in [3.63, 3.8) is 0 Å². The third-order valence-corrected chi connectivity index (χ3v) is 15.7. The van der Waals surface area contributed by atoms with Crippen LogP contribution in [0.1, 0.15) is 126 Å². The number of carbonyl (C=O) groups is 5. The number of amides is 1. The largest absolute Gasteiger partial charge is 0.460 e. The van der Waals surface area contributed by atoms with E-state index in [9.17, 15) is 34.2 Å². The lowest BCUT2D eigenvalue weighted by Gasteiger charge is -2.43. The summed E-state index contributed by atoms with van der Waals surface area (Å²) in [5.74, 6) is -7.76. The number of aliphatic hydroxyl groups is 2. The van der Waals surface area contributed by atoms with Crippen molar-refractivity contribution < 1.29 is 67.3 Å². The quantitative estimate of drug-likeness (QED) is 0.138. The van der Waals surface area contributed by atoms with E-state index in [1.807, 2.05) is 58.1 Å². The summed E-state index contributed by atoms with van der Waals surface area (Å²) in [6.45, 7) is 16.1. The average Bonchev–Trinajstić information content (AvgIpc) is 3.76. The van der Waals surface area contributed by atoms with E-state index in [-0.39, 0.29) is 72.9 Å². The maximum absolute atomic E-state index is 14.5. The second-order valence-electron chi connectivity index (χ2n) is 21.4. The van der Waals surface area contributed by atoms with Gasteiger partial charge in [-0.05, 0) is 107 Å². The summed E-state index contributed by atoms with van der Waals surface area (Å²) in [5, 5.41) is 26.7. The summed E-state index contributed by atoms with van der Waals surface area (Å²) in [7, 11) is 4.60. The number of rotatable bonds is 8. The zero-order valence-electron chi connectivity index (χ0n) is 44.3. The van der Waals surface area contributed by atoms with Gasteiger partial charge in [-0.1, -0.05) is 78.0 Å². The van der Waals surface area contributed by atoms with Crippen LogP contribution in [0.15, 0.2) is 47.6 Å². The molecule has 0 spiro atoms. The van der Waals surface area contributed by atoms with E-state index in [0.717, 1.165) is 18.4 Å².